The van der Waals surface area contributed by atoms with Crippen LogP contribution in [0.2, 0.25) is 0 Å². The molecule has 0 aromatic rings. The van der Waals surface area contributed by atoms with Crippen molar-refractivity contribution in [3.05, 3.63) is 11.4 Å². The molecule has 0 bridgehead atoms. The first-order valence-electron chi connectivity index (χ1n) is 13.6. The lowest BCUT2D eigenvalue weighted by Gasteiger charge is -2.57. The SMILES string of the molecule is CC(=N)C1=C(C=N)N2C3CCCCC3C3C4CCCCC4C4C5CCCCC5N1C4C32. The molecule has 10 atom stereocenters. The molecule has 0 spiro atoms. The highest BCUT2D eigenvalue weighted by molar-refractivity contribution is 6.01. The lowest BCUT2D eigenvalue weighted by atomic mass is 9.53. The van der Waals surface area contributed by atoms with Gasteiger partial charge in [0, 0.05) is 18.3 Å². The fraction of sp³-hybridized carbons (Fsp3) is 0.852. The van der Waals surface area contributed by atoms with Gasteiger partial charge in [-0.15, -0.1) is 0 Å². The number of allylic oxidation sites excluding steroid dienone is 2. The normalized spacial score (nSPS) is 49.8. The molecule has 0 amide bonds. The summed E-state index contributed by atoms with van der Waals surface area (Å²) in [6, 6.07) is 2.53. The minimum Gasteiger partial charge on any atom is -0.360 e. The molecule has 6 fully saturated rings. The van der Waals surface area contributed by atoms with E-state index < -0.39 is 0 Å². The van der Waals surface area contributed by atoms with Gasteiger partial charge in [0.2, 0.25) is 0 Å². The average Bonchev–Trinajstić information content (AvgIpc) is 3.32. The molecule has 4 aliphatic carbocycles. The van der Waals surface area contributed by atoms with Crippen molar-refractivity contribution in [3.8, 4) is 0 Å². The smallest absolute Gasteiger partial charge is 0.0834 e. The lowest BCUT2D eigenvalue weighted by molar-refractivity contribution is -0.0393. The van der Waals surface area contributed by atoms with Crippen LogP contribution >= 0.6 is 0 Å². The zero-order chi connectivity index (χ0) is 20.9. The van der Waals surface area contributed by atoms with Gasteiger partial charge in [0.05, 0.1) is 29.2 Å². The summed E-state index contributed by atoms with van der Waals surface area (Å²) in [5.74, 6) is 5.26. The Balaban J connectivity index is 1.47. The Labute approximate surface area is 187 Å². The van der Waals surface area contributed by atoms with Crippen molar-refractivity contribution in [2.75, 3.05) is 0 Å². The van der Waals surface area contributed by atoms with Gasteiger partial charge in [0.1, 0.15) is 0 Å². The summed E-state index contributed by atoms with van der Waals surface area (Å²) in [6.07, 6.45) is 18.5. The Bertz CT molecular complexity index is 831. The molecule has 10 unspecified atom stereocenters. The molecule has 168 valence electrons. The van der Waals surface area contributed by atoms with Gasteiger partial charge in [-0.3, -0.25) is 0 Å². The molecular formula is C27H40N4. The quantitative estimate of drug-likeness (QED) is 0.585. The maximum absolute atomic E-state index is 8.85. The third kappa shape index (κ3) is 2.33. The molecule has 7 aliphatic rings. The molecule has 2 saturated heterocycles. The number of fused-ring (bicyclic) bond motifs is 9. The standard InChI is InChI=1S/C27H40N4/c1-15(29)25-22(14-28)30-20-12-6-4-10-18(20)23-16-8-2-3-9-17(16)24-19-11-5-7-13-21(19)31(25)27(24)26(23)30/h14,16-21,23-24,26-29H,2-13H2,1H3. The summed E-state index contributed by atoms with van der Waals surface area (Å²) in [6.45, 7) is 2.00. The van der Waals surface area contributed by atoms with Crippen LogP contribution in [0, 0.1) is 46.3 Å². The van der Waals surface area contributed by atoms with Crippen LogP contribution in [0.4, 0.5) is 0 Å². The second kappa shape index (κ2) is 6.84. The minimum absolute atomic E-state index is 0.627. The van der Waals surface area contributed by atoms with E-state index in [2.05, 4.69) is 9.80 Å². The van der Waals surface area contributed by atoms with Gasteiger partial charge in [0.15, 0.2) is 0 Å². The van der Waals surface area contributed by atoms with Crippen LogP contribution in [0.3, 0.4) is 0 Å². The zero-order valence-corrected chi connectivity index (χ0v) is 19.2. The Morgan fingerprint density at radius 3 is 1.68 bits per heavy atom. The average molecular weight is 421 g/mol. The van der Waals surface area contributed by atoms with Crippen LogP contribution in [0.15, 0.2) is 11.4 Å². The van der Waals surface area contributed by atoms with Gasteiger partial charge in [-0.1, -0.05) is 38.5 Å². The second-order valence-corrected chi connectivity index (χ2v) is 12.1. The van der Waals surface area contributed by atoms with E-state index in [1.807, 2.05) is 6.92 Å². The molecule has 4 nitrogen and oxygen atoms in total. The summed E-state index contributed by atoms with van der Waals surface area (Å²) in [5, 5.41) is 17.4. The van der Waals surface area contributed by atoms with E-state index in [4.69, 9.17) is 10.8 Å². The summed E-state index contributed by atoms with van der Waals surface area (Å²) in [7, 11) is 0. The molecule has 0 aromatic carbocycles. The van der Waals surface area contributed by atoms with Crippen LogP contribution in [-0.2, 0) is 0 Å². The van der Waals surface area contributed by atoms with E-state index in [0.717, 1.165) is 46.9 Å². The molecule has 31 heavy (non-hydrogen) atoms. The van der Waals surface area contributed by atoms with Gasteiger partial charge in [-0.25, -0.2) is 0 Å². The predicted octanol–water partition coefficient (Wildman–Crippen LogP) is 5.44. The van der Waals surface area contributed by atoms with Crippen molar-refractivity contribution in [2.24, 2.45) is 35.5 Å². The van der Waals surface area contributed by atoms with Crippen LogP contribution in [-0.4, -0.2) is 45.9 Å². The first-order chi connectivity index (χ1) is 15.2. The first kappa shape index (κ1) is 19.2. The Hall–Kier alpha value is -1.32. The van der Waals surface area contributed by atoms with E-state index in [0.29, 0.717) is 29.9 Å². The van der Waals surface area contributed by atoms with Gasteiger partial charge in [-0.2, -0.15) is 0 Å². The Morgan fingerprint density at radius 2 is 1.16 bits per heavy atom. The van der Waals surface area contributed by atoms with Crippen molar-refractivity contribution in [1.29, 1.82) is 10.8 Å². The van der Waals surface area contributed by atoms with Crippen LogP contribution in [0.1, 0.15) is 84.0 Å². The summed E-state index contributed by atoms with van der Waals surface area (Å²) < 4.78 is 0. The van der Waals surface area contributed by atoms with Gasteiger partial charge >= 0.3 is 0 Å². The molecule has 7 rings (SSSR count). The molecule has 4 saturated carbocycles. The number of rotatable bonds is 2. The highest BCUT2D eigenvalue weighted by Crippen LogP contribution is 2.66. The van der Waals surface area contributed by atoms with E-state index in [9.17, 15) is 0 Å². The van der Waals surface area contributed by atoms with Gasteiger partial charge < -0.3 is 20.6 Å². The van der Waals surface area contributed by atoms with Gasteiger partial charge in [-0.05, 0) is 81.0 Å². The third-order valence-electron chi connectivity index (χ3n) is 11.2. The largest absolute Gasteiger partial charge is 0.360 e. The van der Waals surface area contributed by atoms with Crippen molar-refractivity contribution in [2.45, 2.75) is 108 Å². The van der Waals surface area contributed by atoms with Crippen molar-refractivity contribution < 1.29 is 0 Å². The highest BCUT2D eigenvalue weighted by atomic mass is 15.4. The number of nitrogens with zero attached hydrogens (tertiary/aromatic N) is 2. The molecule has 2 N–H and O–H groups in total. The number of hydrogen-bond donors (Lipinski definition) is 2. The van der Waals surface area contributed by atoms with Crippen LogP contribution in [0.5, 0.6) is 0 Å². The number of nitrogens with one attached hydrogen (secondary N) is 2. The number of hydrogen-bond acceptors (Lipinski definition) is 4. The van der Waals surface area contributed by atoms with E-state index in [1.165, 1.54) is 77.0 Å². The van der Waals surface area contributed by atoms with Crippen molar-refractivity contribution in [3.63, 3.8) is 0 Å². The molecule has 4 heteroatoms. The summed E-state index contributed by atoms with van der Waals surface area (Å²) in [4.78, 5) is 5.61. The van der Waals surface area contributed by atoms with Crippen molar-refractivity contribution in [1.82, 2.24) is 9.80 Å². The molecular weight excluding hydrogens is 380 g/mol. The molecule has 3 heterocycles. The first-order valence-corrected chi connectivity index (χ1v) is 13.6. The minimum atomic E-state index is 0.627. The predicted molar refractivity (Wildman–Crippen MR) is 124 cm³/mol. The fourth-order valence-corrected chi connectivity index (χ4v) is 10.7. The third-order valence-corrected chi connectivity index (χ3v) is 11.2. The maximum Gasteiger partial charge on any atom is 0.0834 e. The molecule has 0 radical (unpaired) electrons. The fourth-order valence-electron chi connectivity index (χ4n) is 10.7. The van der Waals surface area contributed by atoms with Crippen LogP contribution < -0.4 is 0 Å². The Kier molecular flexibility index (Phi) is 4.23. The molecule has 3 aliphatic heterocycles. The zero-order valence-electron chi connectivity index (χ0n) is 19.2. The molecule has 0 aromatic heterocycles. The van der Waals surface area contributed by atoms with Gasteiger partial charge in [0.25, 0.3) is 0 Å². The second-order valence-electron chi connectivity index (χ2n) is 12.1. The Morgan fingerprint density at radius 1 is 0.710 bits per heavy atom. The van der Waals surface area contributed by atoms with E-state index >= 15 is 0 Å². The van der Waals surface area contributed by atoms with Crippen molar-refractivity contribution >= 4 is 11.9 Å². The highest BCUT2D eigenvalue weighted by Gasteiger charge is 2.69. The van der Waals surface area contributed by atoms with Crippen LogP contribution in [0.25, 0.3) is 0 Å². The lowest BCUT2D eigenvalue weighted by Crippen LogP contribution is -2.63. The monoisotopic (exact) mass is 420 g/mol. The summed E-state index contributed by atoms with van der Waals surface area (Å²) >= 11 is 0. The topological polar surface area (TPSA) is 54.2 Å². The van der Waals surface area contributed by atoms with E-state index in [-0.39, 0.29) is 0 Å². The van der Waals surface area contributed by atoms with E-state index in [1.54, 1.807) is 6.21 Å². The maximum atomic E-state index is 8.85. The summed E-state index contributed by atoms with van der Waals surface area (Å²) in [5.41, 5.74) is 3.01.